The molecule has 0 bridgehead atoms. The van der Waals surface area contributed by atoms with Crippen molar-refractivity contribution in [3.8, 4) is 0 Å². The molecule has 0 fully saturated rings. The van der Waals surface area contributed by atoms with Crippen LogP contribution in [0.1, 0.15) is 55.6 Å². The lowest BCUT2D eigenvalue weighted by atomic mass is 9.90. The number of aliphatic carboxylic acids is 2. The van der Waals surface area contributed by atoms with Crippen LogP contribution in [0.4, 0.5) is 0 Å². The van der Waals surface area contributed by atoms with Gasteiger partial charge in [0, 0.05) is 26.9 Å². The van der Waals surface area contributed by atoms with Crippen molar-refractivity contribution in [2.45, 2.75) is 44.4 Å². The quantitative estimate of drug-likeness (QED) is 0.563. The zero-order valence-electron chi connectivity index (χ0n) is 17.7. The van der Waals surface area contributed by atoms with Gasteiger partial charge in [-0.1, -0.05) is 73.5 Å². The average Bonchev–Trinajstić information content (AvgIpc) is 2.72. The molecule has 162 valence electrons. The van der Waals surface area contributed by atoms with Crippen molar-refractivity contribution < 1.29 is 24.6 Å². The summed E-state index contributed by atoms with van der Waals surface area (Å²) in [6, 6.07) is 19.8. The van der Waals surface area contributed by atoms with Gasteiger partial charge in [-0.05, 0) is 24.0 Å². The second-order valence-electron chi connectivity index (χ2n) is 7.19. The molecule has 6 heteroatoms. The van der Waals surface area contributed by atoms with Crippen molar-refractivity contribution in [3.05, 3.63) is 71.8 Å². The highest BCUT2D eigenvalue weighted by atomic mass is 16.4. The third-order valence-electron chi connectivity index (χ3n) is 4.48. The lowest BCUT2D eigenvalue weighted by molar-refractivity contribution is -0.138. The normalized spacial score (nSPS) is 10.1. The van der Waals surface area contributed by atoms with Crippen molar-refractivity contribution in [2.75, 3.05) is 14.1 Å². The number of amides is 1. The molecule has 2 rings (SSSR count). The van der Waals surface area contributed by atoms with Crippen LogP contribution >= 0.6 is 0 Å². The summed E-state index contributed by atoms with van der Waals surface area (Å²) in [5.74, 6) is -1.68. The Morgan fingerprint density at radius 1 is 0.700 bits per heavy atom. The van der Waals surface area contributed by atoms with Crippen LogP contribution in [0.15, 0.2) is 60.7 Å². The number of nitrogens with zero attached hydrogens (tertiary/aromatic N) is 1. The molecule has 2 aromatic rings. The summed E-state index contributed by atoms with van der Waals surface area (Å²) in [6.45, 7) is 0. The van der Waals surface area contributed by atoms with Crippen molar-refractivity contribution in [3.63, 3.8) is 0 Å². The number of likely N-dealkylation sites (N-methyl/N-ethyl adjacent to an activating group) is 1. The van der Waals surface area contributed by atoms with Crippen LogP contribution in [0.25, 0.3) is 0 Å². The topological polar surface area (TPSA) is 94.9 Å². The van der Waals surface area contributed by atoms with Crippen molar-refractivity contribution in [1.82, 2.24) is 4.90 Å². The SMILES string of the molecule is CN(C)C(=O)C(c1ccccc1)c1ccccc1.O=C(O)CCCCCCC(=O)O. The van der Waals surface area contributed by atoms with E-state index in [0.717, 1.165) is 24.0 Å². The fourth-order valence-corrected chi connectivity index (χ4v) is 2.93. The zero-order chi connectivity index (χ0) is 22.4. The summed E-state index contributed by atoms with van der Waals surface area (Å²) in [5, 5.41) is 16.5. The minimum atomic E-state index is -0.784. The molecule has 0 saturated carbocycles. The molecule has 0 aromatic heterocycles. The highest BCUT2D eigenvalue weighted by molar-refractivity contribution is 5.86. The number of carboxylic acid groups (broad SMARTS) is 2. The van der Waals surface area contributed by atoms with Crippen molar-refractivity contribution >= 4 is 17.8 Å². The van der Waals surface area contributed by atoms with Gasteiger partial charge < -0.3 is 15.1 Å². The van der Waals surface area contributed by atoms with Gasteiger partial charge in [0.15, 0.2) is 0 Å². The van der Waals surface area contributed by atoms with E-state index in [1.807, 2.05) is 60.7 Å². The molecule has 0 aliphatic carbocycles. The summed E-state index contributed by atoms with van der Waals surface area (Å²) in [5.41, 5.74) is 2.06. The van der Waals surface area contributed by atoms with Gasteiger partial charge >= 0.3 is 11.9 Å². The van der Waals surface area contributed by atoms with E-state index in [9.17, 15) is 14.4 Å². The Morgan fingerprint density at radius 2 is 1.07 bits per heavy atom. The van der Waals surface area contributed by atoms with Crippen LogP contribution in [-0.4, -0.2) is 47.1 Å². The molecule has 0 atom stereocenters. The number of rotatable bonds is 10. The maximum atomic E-state index is 12.4. The molecule has 0 radical (unpaired) electrons. The molecule has 0 spiro atoms. The van der Waals surface area contributed by atoms with Gasteiger partial charge in [0.1, 0.15) is 0 Å². The Morgan fingerprint density at radius 3 is 1.37 bits per heavy atom. The number of carbonyl (C=O) groups is 3. The molecular weight excluding hydrogens is 382 g/mol. The van der Waals surface area contributed by atoms with E-state index < -0.39 is 11.9 Å². The van der Waals surface area contributed by atoms with E-state index in [1.165, 1.54) is 0 Å². The third kappa shape index (κ3) is 9.87. The fourth-order valence-electron chi connectivity index (χ4n) is 2.93. The van der Waals surface area contributed by atoms with E-state index in [-0.39, 0.29) is 24.7 Å². The number of unbranched alkanes of at least 4 members (excludes halogenated alkanes) is 3. The first-order valence-corrected chi connectivity index (χ1v) is 10.1. The minimum absolute atomic E-state index is 0.104. The van der Waals surface area contributed by atoms with E-state index in [4.69, 9.17) is 10.2 Å². The molecule has 6 nitrogen and oxygen atoms in total. The number of hydrogen-bond donors (Lipinski definition) is 2. The van der Waals surface area contributed by atoms with Crippen LogP contribution in [0.2, 0.25) is 0 Å². The summed E-state index contributed by atoms with van der Waals surface area (Å²) in [6.07, 6.45) is 3.28. The standard InChI is InChI=1S/C16H17NO.C8H14O4/c1-17(2)16(18)15(13-9-5-3-6-10-13)14-11-7-4-8-12-14;9-7(10)5-3-1-2-4-6-8(11)12/h3-12,15H,1-2H3;1-6H2,(H,9,10)(H,11,12). The Balaban J connectivity index is 0.000000329. The number of carbonyl (C=O) groups excluding carboxylic acids is 1. The number of carboxylic acids is 2. The van der Waals surface area contributed by atoms with E-state index in [1.54, 1.807) is 19.0 Å². The average molecular weight is 414 g/mol. The van der Waals surface area contributed by atoms with Gasteiger partial charge in [-0.3, -0.25) is 14.4 Å². The maximum absolute atomic E-state index is 12.4. The predicted octanol–water partition coefficient (Wildman–Crippen LogP) is 4.40. The molecule has 0 saturated heterocycles. The first-order valence-electron chi connectivity index (χ1n) is 10.1. The predicted molar refractivity (Wildman–Crippen MR) is 116 cm³/mol. The van der Waals surface area contributed by atoms with Crippen LogP contribution in [0.5, 0.6) is 0 Å². The molecule has 2 aromatic carbocycles. The van der Waals surface area contributed by atoms with Crippen molar-refractivity contribution in [2.24, 2.45) is 0 Å². The van der Waals surface area contributed by atoms with Crippen LogP contribution in [0.3, 0.4) is 0 Å². The second kappa shape index (κ2) is 13.9. The van der Waals surface area contributed by atoms with Crippen LogP contribution < -0.4 is 0 Å². The number of hydrogen-bond acceptors (Lipinski definition) is 3. The Bertz CT molecular complexity index is 717. The lowest BCUT2D eigenvalue weighted by Gasteiger charge is -2.21. The Labute approximate surface area is 178 Å². The highest BCUT2D eigenvalue weighted by Gasteiger charge is 2.23. The van der Waals surface area contributed by atoms with E-state index in [2.05, 4.69) is 0 Å². The summed E-state index contributed by atoms with van der Waals surface area (Å²) in [4.78, 5) is 34.1. The largest absolute Gasteiger partial charge is 0.481 e. The van der Waals surface area contributed by atoms with Crippen LogP contribution in [0, 0.1) is 0 Å². The zero-order valence-corrected chi connectivity index (χ0v) is 17.7. The lowest BCUT2D eigenvalue weighted by Crippen LogP contribution is -2.28. The number of benzene rings is 2. The summed E-state index contributed by atoms with van der Waals surface area (Å²) < 4.78 is 0. The first kappa shape index (κ1) is 24.9. The summed E-state index contributed by atoms with van der Waals surface area (Å²) in [7, 11) is 3.59. The molecule has 0 heterocycles. The second-order valence-corrected chi connectivity index (χ2v) is 7.19. The van der Waals surface area contributed by atoms with Gasteiger partial charge in [0.25, 0.3) is 0 Å². The van der Waals surface area contributed by atoms with Gasteiger partial charge in [-0.2, -0.15) is 0 Å². The van der Waals surface area contributed by atoms with Gasteiger partial charge in [0.05, 0.1) is 5.92 Å². The fraction of sp³-hybridized carbons (Fsp3) is 0.375. The van der Waals surface area contributed by atoms with Gasteiger partial charge in [0.2, 0.25) is 5.91 Å². The molecule has 1 amide bonds. The minimum Gasteiger partial charge on any atom is -0.481 e. The highest BCUT2D eigenvalue weighted by Crippen LogP contribution is 2.25. The maximum Gasteiger partial charge on any atom is 0.303 e. The molecule has 0 unspecified atom stereocenters. The Kier molecular flexibility index (Phi) is 11.6. The van der Waals surface area contributed by atoms with Crippen LogP contribution in [-0.2, 0) is 14.4 Å². The Hall–Kier alpha value is -3.15. The first-order chi connectivity index (χ1) is 14.3. The van der Waals surface area contributed by atoms with Gasteiger partial charge in [-0.25, -0.2) is 0 Å². The molecule has 0 aliphatic heterocycles. The monoisotopic (exact) mass is 413 g/mol. The molecule has 30 heavy (non-hydrogen) atoms. The van der Waals surface area contributed by atoms with E-state index >= 15 is 0 Å². The third-order valence-corrected chi connectivity index (χ3v) is 4.48. The molecule has 2 N–H and O–H groups in total. The van der Waals surface area contributed by atoms with E-state index in [0.29, 0.717) is 12.8 Å². The van der Waals surface area contributed by atoms with Crippen molar-refractivity contribution in [1.29, 1.82) is 0 Å². The molecular formula is C24H31NO5. The molecule has 0 aliphatic rings. The van der Waals surface area contributed by atoms with Gasteiger partial charge in [-0.15, -0.1) is 0 Å². The summed E-state index contributed by atoms with van der Waals surface area (Å²) >= 11 is 0. The smallest absolute Gasteiger partial charge is 0.303 e.